The molecule has 17 heavy (non-hydrogen) atoms. The lowest BCUT2D eigenvalue weighted by Crippen LogP contribution is -2.52. The molecule has 2 rings (SSSR count). The van der Waals surface area contributed by atoms with Crippen molar-refractivity contribution in [3.05, 3.63) is 35.4 Å². The van der Waals surface area contributed by atoms with Crippen molar-refractivity contribution < 1.29 is 14.9 Å². The lowest BCUT2D eigenvalue weighted by molar-refractivity contribution is 0.0442. The highest BCUT2D eigenvalue weighted by Crippen LogP contribution is 2.26. The number of hydrogen-bond donors (Lipinski definition) is 3. The molecule has 0 saturated heterocycles. The van der Waals surface area contributed by atoms with Crippen LogP contribution in [-0.4, -0.2) is 35.6 Å². The monoisotopic (exact) mass is 237 g/mol. The van der Waals surface area contributed by atoms with Gasteiger partial charge in [-0.25, -0.2) is 0 Å². The second-order valence-electron chi connectivity index (χ2n) is 4.79. The van der Waals surface area contributed by atoms with E-state index in [1.54, 1.807) is 6.92 Å². The van der Waals surface area contributed by atoms with Crippen molar-refractivity contribution in [3.8, 4) is 0 Å². The Morgan fingerprint density at radius 3 is 2.76 bits per heavy atom. The predicted octanol–water partition coefficient (Wildman–Crippen LogP) is 0.591. The Morgan fingerprint density at radius 1 is 1.35 bits per heavy atom. The maximum Gasteiger partial charge on any atom is 0.0721 e. The molecular formula is C13H19NO3. The molecule has 0 fully saturated rings. The van der Waals surface area contributed by atoms with Crippen molar-refractivity contribution in [1.82, 2.24) is 5.32 Å². The van der Waals surface area contributed by atoms with E-state index in [2.05, 4.69) is 11.4 Å². The minimum atomic E-state index is -0.682. The average molecular weight is 237 g/mol. The maximum atomic E-state index is 9.30. The molecule has 1 aromatic carbocycles. The van der Waals surface area contributed by atoms with Gasteiger partial charge in [0.15, 0.2) is 0 Å². The smallest absolute Gasteiger partial charge is 0.0721 e. The zero-order valence-corrected chi connectivity index (χ0v) is 10.0. The van der Waals surface area contributed by atoms with Crippen LogP contribution in [0.1, 0.15) is 24.1 Å². The van der Waals surface area contributed by atoms with Crippen molar-refractivity contribution >= 4 is 0 Å². The molecular weight excluding hydrogens is 218 g/mol. The summed E-state index contributed by atoms with van der Waals surface area (Å²) in [6.45, 7) is 2.77. The van der Waals surface area contributed by atoms with E-state index in [9.17, 15) is 10.2 Å². The fraction of sp³-hybridized carbons (Fsp3) is 0.538. The Labute approximate surface area is 101 Å². The molecule has 1 aliphatic heterocycles. The SMILES string of the molecule is CC(CO)(CO)NC1COCc2ccccc21. The molecule has 1 atom stereocenters. The molecule has 1 aliphatic rings. The number of rotatable bonds is 4. The summed E-state index contributed by atoms with van der Waals surface area (Å²) in [6.07, 6.45) is 0. The third kappa shape index (κ3) is 2.66. The fourth-order valence-electron chi connectivity index (χ4n) is 2.06. The van der Waals surface area contributed by atoms with E-state index in [4.69, 9.17) is 4.74 Å². The van der Waals surface area contributed by atoms with Crippen LogP contribution in [0.5, 0.6) is 0 Å². The molecule has 1 heterocycles. The van der Waals surface area contributed by atoms with Gasteiger partial charge in [0.1, 0.15) is 0 Å². The molecule has 0 saturated carbocycles. The number of nitrogens with one attached hydrogen (secondary N) is 1. The normalized spacial score (nSPS) is 20.1. The highest BCUT2D eigenvalue weighted by atomic mass is 16.5. The molecule has 0 spiro atoms. The first kappa shape index (κ1) is 12.5. The summed E-state index contributed by atoms with van der Waals surface area (Å²) in [7, 11) is 0. The fourth-order valence-corrected chi connectivity index (χ4v) is 2.06. The topological polar surface area (TPSA) is 61.7 Å². The van der Waals surface area contributed by atoms with Crippen LogP contribution in [0.2, 0.25) is 0 Å². The van der Waals surface area contributed by atoms with Gasteiger partial charge >= 0.3 is 0 Å². The number of benzene rings is 1. The van der Waals surface area contributed by atoms with Gasteiger partial charge in [-0.2, -0.15) is 0 Å². The van der Waals surface area contributed by atoms with E-state index in [-0.39, 0.29) is 19.3 Å². The number of aliphatic hydroxyl groups excluding tert-OH is 2. The van der Waals surface area contributed by atoms with Crippen LogP contribution in [0.4, 0.5) is 0 Å². The maximum absolute atomic E-state index is 9.30. The molecule has 0 amide bonds. The van der Waals surface area contributed by atoms with Gasteiger partial charge in [-0.05, 0) is 18.1 Å². The molecule has 1 unspecified atom stereocenters. The standard InChI is InChI=1S/C13H19NO3/c1-13(8-15,9-16)14-12-7-17-6-10-4-2-3-5-11(10)12/h2-5,12,14-16H,6-9H2,1H3. The predicted molar refractivity (Wildman–Crippen MR) is 64.6 cm³/mol. The minimum absolute atomic E-state index is 0.0178. The van der Waals surface area contributed by atoms with Gasteiger partial charge in [-0.3, -0.25) is 5.32 Å². The molecule has 94 valence electrons. The van der Waals surface area contributed by atoms with Crippen molar-refractivity contribution in [2.45, 2.75) is 25.1 Å². The molecule has 4 heteroatoms. The van der Waals surface area contributed by atoms with E-state index in [0.717, 1.165) is 5.56 Å². The Bertz CT molecular complexity index is 377. The largest absolute Gasteiger partial charge is 0.394 e. The van der Waals surface area contributed by atoms with Crippen molar-refractivity contribution in [2.75, 3.05) is 19.8 Å². The van der Waals surface area contributed by atoms with Gasteiger partial charge in [0.05, 0.1) is 38.0 Å². The lowest BCUT2D eigenvalue weighted by Gasteiger charge is -2.35. The van der Waals surface area contributed by atoms with Crippen LogP contribution >= 0.6 is 0 Å². The van der Waals surface area contributed by atoms with Crippen molar-refractivity contribution in [3.63, 3.8) is 0 Å². The molecule has 3 N–H and O–H groups in total. The van der Waals surface area contributed by atoms with Crippen LogP contribution in [0.3, 0.4) is 0 Å². The zero-order valence-electron chi connectivity index (χ0n) is 10.0. The van der Waals surface area contributed by atoms with Crippen molar-refractivity contribution in [1.29, 1.82) is 0 Å². The third-order valence-corrected chi connectivity index (χ3v) is 3.19. The highest BCUT2D eigenvalue weighted by Gasteiger charge is 2.29. The third-order valence-electron chi connectivity index (χ3n) is 3.19. The van der Waals surface area contributed by atoms with Crippen LogP contribution in [0.25, 0.3) is 0 Å². The summed E-state index contributed by atoms with van der Waals surface area (Å²) in [4.78, 5) is 0. The van der Waals surface area contributed by atoms with E-state index in [1.807, 2.05) is 18.2 Å². The number of ether oxygens (including phenoxy) is 1. The minimum Gasteiger partial charge on any atom is -0.394 e. The summed E-state index contributed by atoms with van der Waals surface area (Å²) in [5.41, 5.74) is 1.67. The summed E-state index contributed by atoms with van der Waals surface area (Å²) < 4.78 is 5.52. The molecule has 0 bridgehead atoms. The van der Waals surface area contributed by atoms with Crippen molar-refractivity contribution in [2.24, 2.45) is 0 Å². The average Bonchev–Trinajstić information content (AvgIpc) is 2.39. The van der Waals surface area contributed by atoms with Crippen LogP contribution < -0.4 is 5.32 Å². The second kappa shape index (κ2) is 5.14. The first-order valence-electron chi connectivity index (χ1n) is 5.83. The quantitative estimate of drug-likeness (QED) is 0.717. The van der Waals surface area contributed by atoms with Gasteiger partial charge < -0.3 is 14.9 Å². The molecule has 0 aromatic heterocycles. The van der Waals surface area contributed by atoms with E-state index in [1.165, 1.54) is 5.56 Å². The second-order valence-corrected chi connectivity index (χ2v) is 4.79. The number of aliphatic hydroxyl groups is 2. The van der Waals surface area contributed by atoms with Crippen LogP contribution in [-0.2, 0) is 11.3 Å². The van der Waals surface area contributed by atoms with Gasteiger partial charge in [0.25, 0.3) is 0 Å². The summed E-state index contributed by atoms with van der Waals surface area (Å²) >= 11 is 0. The summed E-state index contributed by atoms with van der Waals surface area (Å²) in [5.74, 6) is 0. The van der Waals surface area contributed by atoms with Gasteiger partial charge in [-0.1, -0.05) is 24.3 Å². The van der Waals surface area contributed by atoms with Gasteiger partial charge in [-0.15, -0.1) is 0 Å². The Kier molecular flexibility index (Phi) is 3.79. The first-order chi connectivity index (χ1) is 8.18. The molecule has 1 aromatic rings. The number of fused-ring (bicyclic) bond motifs is 1. The van der Waals surface area contributed by atoms with E-state index < -0.39 is 5.54 Å². The van der Waals surface area contributed by atoms with E-state index in [0.29, 0.717) is 13.2 Å². The number of hydrogen-bond acceptors (Lipinski definition) is 4. The summed E-state index contributed by atoms with van der Waals surface area (Å²) in [6, 6.07) is 8.10. The lowest BCUT2D eigenvalue weighted by atomic mass is 9.95. The summed E-state index contributed by atoms with van der Waals surface area (Å²) in [5, 5.41) is 21.9. The molecule has 0 radical (unpaired) electrons. The Hall–Kier alpha value is -0.940. The first-order valence-corrected chi connectivity index (χ1v) is 5.83. The zero-order chi connectivity index (χ0) is 12.3. The van der Waals surface area contributed by atoms with Gasteiger partial charge in [0.2, 0.25) is 0 Å². The molecule has 0 aliphatic carbocycles. The Balaban J connectivity index is 2.19. The van der Waals surface area contributed by atoms with Gasteiger partial charge in [0, 0.05) is 0 Å². The Morgan fingerprint density at radius 2 is 2.06 bits per heavy atom. The van der Waals surface area contributed by atoms with E-state index >= 15 is 0 Å². The highest BCUT2D eigenvalue weighted by molar-refractivity contribution is 5.31. The molecule has 4 nitrogen and oxygen atoms in total. The van der Waals surface area contributed by atoms with Crippen LogP contribution in [0, 0.1) is 0 Å². The van der Waals surface area contributed by atoms with Crippen LogP contribution in [0.15, 0.2) is 24.3 Å².